The van der Waals surface area contributed by atoms with Gasteiger partial charge in [-0.15, -0.1) is 0 Å². The van der Waals surface area contributed by atoms with Gasteiger partial charge < -0.3 is 19.2 Å². The Balaban J connectivity index is 0.00000729. The topological polar surface area (TPSA) is 91.0 Å². The molecule has 0 saturated carbocycles. The first-order chi connectivity index (χ1) is 12.8. The number of rotatable bonds is 14. The van der Waals surface area contributed by atoms with E-state index in [0.29, 0.717) is 12.0 Å². The van der Waals surface area contributed by atoms with E-state index in [4.69, 9.17) is 10.00 Å². The van der Waals surface area contributed by atoms with E-state index in [-0.39, 0.29) is 69.6 Å². The van der Waals surface area contributed by atoms with Crippen LogP contribution in [-0.4, -0.2) is 22.1 Å². The van der Waals surface area contributed by atoms with E-state index in [1.54, 1.807) is 0 Å². The van der Waals surface area contributed by atoms with Crippen LogP contribution in [0.3, 0.4) is 0 Å². The molecule has 1 aromatic rings. The summed E-state index contributed by atoms with van der Waals surface area (Å²) in [5.74, 6) is -1.67. The van der Waals surface area contributed by atoms with E-state index in [2.05, 4.69) is 25.8 Å². The molecule has 152 valence electrons. The summed E-state index contributed by atoms with van der Waals surface area (Å²) in [5.41, 5.74) is 0.514. The van der Waals surface area contributed by atoms with E-state index in [1.807, 2.05) is 6.07 Å². The first-order valence-corrected chi connectivity index (χ1v) is 10.1. The van der Waals surface area contributed by atoms with Crippen LogP contribution < -0.4 is 56.5 Å². The first-order valence-electron chi connectivity index (χ1n) is 10.1. The Kier molecular flexibility index (Phi) is 15.5. The average Bonchev–Trinajstić information content (AvgIpc) is 3.01. The molecule has 0 fully saturated rings. The summed E-state index contributed by atoms with van der Waals surface area (Å²) in [6.07, 6.45) is 13.9. The zero-order valence-corrected chi connectivity index (χ0v) is 21.3. The van der Waals surface area contributed by atoms with E-state index in [0.717, 1.165) is 12.8 Å². The Morgan fingerprint density at radius 1 is 1.11 bits per heavy atom. The molecule has 0 aliphatic carbocycles. The van der Waals surface area contributed by atoms with Crippen molar-refractivity contribution in [2.75, 3.05) is 6.61 Å². The first kappa shape index (κ1) is 27.8. The molecule has 0 atom stereocenters. The quantitative estimate of drug-likeness (QED) is 0.334. The molecule has 0 saturated heterocycles. The fraction of sp³-hybridized carbons (Fsp3) is 0.762. The average molecular weight is 416 g/mol. The van der Waals surface area contributed by atoms with Gasteiger partial charge in [0.2, 0.25) is 0 Å². The zero-order valence-electron chi connectivity index (χ0n) is 18.1. The number of hydrogen-bond donors (Lipinski definition) is 0. The second-order valence-corrected chi connectivity index (χ2v) is 8.35. The molecule has 0 spiro atoms. The fourth-order valence-electron chi connectivity index (χ4n) is 2.99. The van der Waals surface area contributed by atoms with E-state index in [1.165, 1.54) is 62.1 Å². The minimum absolute atomic E-state index is 0. The van der Waals surface area contributed by atoms with Crippen molar-refractivity contribution in [3.63, 3.8) is 0 Å². The van der Waals surface area contributed by atoms with Crippen LogP contribution in [0.5, 0.6) is 0 Å². The van der Waals surface area contributed by atoms with Gasteiger partial charge in [0.05, 0.1) is 0 Å². The number of carbonyl (C=O) groups is 1. The maximum Gasteiger partial charge on any atom is 1.00 e. The molecule has 0 aliphatic rings. The number of unbranched alkanes of at least 4 members (excludes halogenated alkanes) is 8. The number of ether oxygens (including phenoxy) is 1. The summed E-state index contributed by atoms with van der Waals surface area (Å²) in [4.78, 5) is 14.6. The standard InChI is InChI=1S/C21H35N3O3.K/c1-21(2,3)13-11-9-7-5-4-6-8-10-12-14-27-17-24-16-18(15-22)23-19(24)20(25)26;/h16H,4-14,17H2,1-3H3,(H,25,26);/q;+1/p-1. The third-order valence-electron chi connectivity index (χ3n) is 4.52. The van der Waals surface area contributed by atoms with Crippen molar-refractivity contribution in [3.05, 3.63) is 17.7 Å². The number of nitriles is 1. The van der Waals surface area contributed by atoms with Crippen molar-refractivity contribution >= 4 is 5.97 Å². The summed E-state index contributed by atoms with van der Waals surface area (Å²) in [6.45, 7) is 7.56. The van der Waals surface area contributed by atoms with Gasteiger partial charge >= 0.3 is 51.4 Å². The number of imidazole rings is 1. The summed E-state index contributed by atoms with van der Waals surface area (Å²) in [6, 6.07) is 1.82. The van der Waals surface area contributed by atoms with Crippen molar-refractivity contribution in [2.45, 2.75) is 91.7 Å². The third kappa shape index (κ3) is 13.1. The second-order valence-electron chi connectivity index (χ2n) is 8.35. The Bertz CT molecular complexity index is 603. The van der Waals surface area contributed by atoms with Crippen molar-refractivity contribution < 1.29 is 66.0 Å². The smallest absolute Gasteiger partial charge is 0.542 e. The zero-order chi connectivity index (χ0) is 20.1. The Hall–Kier alpha value is -0.234. The van der Waals surface area contributed by atoms with Crippen molar-refractivity contribution in [1.82, 2.24) is 9.55 Å². The number of aromatic carboxylic acids is 1. The Morgan fingerprint density at radius 3 is 2.14 bits per heavy atom. The summed E-state index contributed by atoms with van der Waals surface area (Å²) in [7, 11) is 0. The Morgan fingerprint density at radius 2 is 1.64 bits per heavy atom. The predicted octanol–water partition coefficient (Wildman–Crippen LogP) is 1.04. The van der Waals surface area contributed by atoms with Gasteiger partial charge in [0.1, 0.15) is 18.8 Å². The molecule has 1 heterocycles. The molecule has 0 unspecified atom stereocenters. The third-order valence-corrected chi connectivity index (χ3v) is 4.52. The van der Waals surface area contributed by atoms with Gasteiger partial charge in [0.15, 0.2) is 11.5 Å². The number of carbonyl (C=O) groups excluding carboxylic acids is 1. The van der Waals surface area contributed by atoms with Gasteiger partial charge in [0, 0.05) is 12.8 Å². The molecule has 1 rings (SSSR count). The largest absolute Gasteiger partial charge is 1.00 e. The SMILES string of the molecule is CC(C)(C)CCCCCCCCCCCOCn1cc(C#N)nc1C(=O)[O-].[K+]. The molecule has 6 nitrogen and oxygen atoms in total. The molecule has 7 heteroatoms. The van der Waals surface area contributed by atoms with Gasteiger partial charge in [-0.2, -0.15) is 5.26 Å². The molecule has 0 radical (unpaired) electrons. The molecule has 0 aliphatic heterocycles. The van der Waals surface area contributed by atoms with Crippen LogP contribution in [-0.2, 0) is 11.5 Å². The van der Waals surface area contributed by atoms with Crippen molar-refractivity contribution in [2.24, 2.45) is 5.41 Å². The van der Waals surface area contributed by atoms with Crippen LogP contribution in [0.1, 0.15) is 101 Å². The maximum atomic E-state index is 11.0. The molecule has 0 amide bonds. The molecule has 0 aromatic carbocycles. The van der Waals surface area contributed by atoms with Crippen LogP contribution in [0.4, 0.5) is 0 Å². The number of carboxylic acid groups (broad SMARTS) is 1. The van der Waals surface area contributed by atoms with E-state index >= 15 is 0 Å². The van der Waals surface area contributed by atoms with Crippen molar-refractivity contribution in [1.29, 1.82) is 5.26 Å². The molecule has 28 heavy (non-hydrogen) atoms. The van der Waals surface area contributed by atoms with Crippen LogP contribution in [0, 0.1) is 16.7 Å². The van der Waals surface area contributed by atoms with Crippen LogP contribution in [0.25, 0.3) is 0 Å². The molecular weight excluding hydrogens is 381 g/mol. The van der Waals surface area contributed by atoms with Crippen LogP contribution in [0.15, 0.2) is 6.20 Å². The van der Waals surface area contributed by atoms with Gasteiger partial charge in [-0.05, 0) is 18.3 Å². The maximum absolute atomic E-state index is 11.0. The predicted molar refractivity (Wildman–Crippen MR) is 103 cm³/mol. The second kappa shape index (κ2) is 15.6. The summed E-state index contributed by atoms with van der Waals surface area (Å²) in [5, 5.41) is 19.7. The van der Waals surface area contributed by atoms with Gasteiger partial charge in [-0.1, -0.05) is 72.1 Å². The monoisotopic (exact) mass is 415 g/mol. The number of hydrogen-bond acceptors (Lipinski definition) is 5. The van der Waals surface area contributed by atoms with Gasteiger partial charge in [-0.25, -0.2) is 4.98 Å². The number of carboxylic acids is 1. The minimum Gasteiger partial charge on any atom is -0.542 e. The summed E-state index contributed by atoms with van der Waals surface area (Å²) >= 11 is 0. The summed E-state index contributed by atoms with van der Waals surface area (Å²) < 4.78 is 6.79. The van der Waals surface area contributed by atoms with Gasteiger partial charge in [0.25, 0.3) is 0 Å². The van der Waals surface area contributed by atoms with Gasteiger partial charge in [-0.3, -0.25) is 0 Å². The molecule has 0 N–H and O–H groups in total. The van der Waals surface area contributed by atoms with Crippen molar-refractivity contribution in [3.8, 4) is 6.07 Å². The molecular formula is C21H34KN3O3. The van der Waals surface area contributed by atoms with E-state index in [9.17, 15) is 9.90 Å². The van der Waals surface area contributed by atoms with Crippen LogP contribution >= 0.6 is 0 Å². The van der Waals surface area contributed by atoms with Crippen LogP contribution in [0.2, 0.25) is 0 Å². The van der Waals surface area contributed by atoms with E-state index < -0.39 is 5.97 Å². The fourth-order valence-corrected chi connectivity index (χ4v) is 2.99. The Labute approximate surface area is 212 Å². The number of nitrogens with zero attached hydrogens (tertiary/aromatic N) is 3. The molecule has 0 bridgehead atoms. The normalized spacial score (nSPS) is 11.1. The number of aromatic nitrogens is 2. The molecule has 1 aromatic heterocycles. The minimum atomic E-state index is -1.40.